The summed E-state index contributed by atoms with van der Waals surface area (Å²) >= 11 is 0. The van der Waals surface area contributed by atoms with Gasteiger partial charge in [0.25, 0.3) is 21.2 Å². The number of carboxylic acid groups (broad SMARTS) is 1. The number of hydrogen-bond donors (Lipinski definition) is 6. The second-order valence-electron chi connectivity index (χ2n) is 7.66. The van der Waals surface area contributed by atoms with Gasteiger partial charge in [0.1, 0.15) is 42.7 Å². The number of nitrogens with one attached hydrogen (secondary N) is 1. The van der Waals surface area contributed by atoms with Gasteiger partial charge in [-0.3, -0.25) is 28.0 Å². The number of carbonyl (C=O) groups excluding carboxylic acids is 1. The van der Waals surface area contributed by atoms with Crippen molar-refractivity contribution in [1.29, 1.82) is 0 Å². The molecule has 20 nitrogen and oxygen atoms in total. The number of carboxylic acids is 1. The van der Waals surface area contributed by atoms with Crippen LogP contribution in [0.2, 0.25) is 0 Å². The van der Waals surface area contributed by atoms with Crippen LogP contribution < -0.4 is 115 Å². The summed E-state index contributed by atoms with van der Waals surface area (Å²) in [6, 6.07) is 0.890. The zero-order valence-electron chi connectivity index (χ0n) is 20.9. The first-order chi connectivity index (χ1) is 17.0. The van der Waals surface area contributed by atoms with Crippen LogP contribution in [-0.4, -0.2) is 96.7 Å². The van der Waals surface area contributed by atoms with Crippen LogP contribution >= 0.6 is 15.6 Å². The van der Waals surface area contributed by atoms with Gasteiger partial charge in [-0.15, -0.1) is 0 Å². The van der Waals surface area contributed by atoms with E-state index in [1.807, 2.05) is 4.98 Å². The first kappa shape index (κ1) is 41.1. The Morgan fingerprint density at radius 2 is 1.55 bits per heavy atom. The van der Waals surface area contributed by atoms with Gasteiger partial charge in [-0.1, -0.05) is 0 Å². The summed E-state index contributed by atoms with van der Waals surface area (Å²) in [7, 11) is -11.9. The van der Waals surface area contributed by atoms with E-state index in [0.29, 0.717) is 4.57 Å². The Morgan fingerprint density at radius 1 is 0.950 bits per heavy atom. The second-order valence-corrected chi connectivity index (χ2v) is 10.6. The van der Waals surface area contributed by atoms with Crippen LogP contribution in [0.4, 0.5) is 0 Å². The third-order valence-corrected chi connectivity index (χ3v) is 7.63. The predicted molar refractivity (Wildman–Crippen MR) is 102 cm³/mol. The van der Waals surface area contributed by atoms with E-state index in [0.717, 1.165) is 12.3 Å². The number of hydrogen-bond acceptors (Lipinski definition) is 18. The van der Waals surface area contributed by atoms with Crippen molar-refractivity contribution in [2.45, 2.75) is 55.2 Å². The fourth-order valence-electron chi connectivity index (χ4n) is 3.31. The van der Waals surface area contributed by atoms with Gasteiger partial charge in [-0.25, -0.2) is 9.11 Å². The molecule has 1 aromatic rings. The molecule has 2 fully saturated rings. The first-order valence-electron chi connectivity index (χ1n) is 9.93. The monoisotopic (exact) mass is 646 g/mol. The minimum Gasteiger partial charge on any atom is -0.756 e. The van der Waals surface area contributed by atoms with Crippen LogP contribution in [0.15, 0.2) is 21.9 Å². The summed E-state index contributed by atoms with van der Waals surface area (Å²) in [4.78, 5) is 59.8. The van der Waals surface area contributed by atoms with Gasteiger partial charge in [0, 0.05) is 12.3 Å². The Kier molecular flexibility index (Phi) is 16.9. The van der Waals surface area contributed by atoms with E-state index in [-0.39, 0.29) is 88.7 Å². The quantitative estimate of drug-likeness (QED) is 0.107. The maximum atomic E-state index is 12.0. The number of aromatic nitrogens is 2. The van der Waals surface area contributed by atoms with Gasteiger partial charge in [0.15, 0.2) is 12.5 Å². The van der Waals surface area contributed by atoms with E-state index in [2.05, 4.69) is 18.1 Å². The molecule has 2 saturated heterocycles. The summed E-state index contributed by atoms with van der Waals surface area (Å²) in [5.41, 5.74) is -1.83. The number of aliphatic hydroxyl groups is 5. The average Bonchev–Trinajstić information content (AvgIpc) is 3.05. The molecule has 0 aliphatic carbocycles. The molecule has 3 heterocycles. The van der Waals surface area contributed by atoms with Crippen molar-refractivity contribution < 1.29 is 166 Å². The molecule has 0 amide bonds. The predicted octanol–water partition coefficient (Wildman–Crippen LogP) is -16.3. The first-order valence-corrected chi connectivity index (χ1v) is 12.8. The van der Waals surface area contributed by atoms with Crippen LogP contribution in [0.25, 0.3) is 0 Å². The molecule has 11 atom stereocenters. The number of aliphatic carboxylic acids is 1. The third-order valence-electron chi connectivity index (χ3n) is 5.09. The molecular weight excluding hydrogens is 627 g/mol. The second kappa shape index (κ2) is 16.4. The molecule has 0 spiro atoms. The molecule has 6 N–H and O–H groups in total. The molecule has 3 rings (SSSR count). The van der Waals surface area contributed by atoms with Gasteiger partial charge in [0.05, 0.1) is 12.6 Å². The summed E-state index contributed by atoms with van der Waals surface area (Å²) in [5.74, 6) is -2.13. The van der Waals surface area contributed by atoms with Crippen molar-refractivity contribution in [3.05, 3.63) is 33.1 Å². The summed E-state index contributed by atoms with van der Waals surface area (Å²) < 4.78 is 46.5. The summed E-state index contributed by atoms with van der Waals surface area (Å²) in [6.45, 7) is -1.17. The number of aromatic amines is 1. The fourth-order valence-corrected chi connectivity index (χ4v) is 5.39. The van der Waals surface area contributed by atoms with Gasteiger partial charge in [-0.05, 0) is 0 Å². The summed E-state index contributed by atoms with van der Waals surface area (Å²) in [5, 5.41) is 60.0. The number of rotatable bonds is 9. The molecular formula is C15H19N2Na3O18P2. The van der Waals surface area contributed by atoms with Gasteiger partial charge in [-0.2, -0.15) is 0 Å². The molecule has 40 heavy (non-hydrogen) atoms. The Balaban J connectivity index is 0.00000507. The molecule has 0 bridgehead atoms. The number of aliphatic hydroxyl groups excluding tert-OH is 5. The van der Waals surface area contributed by atoms with Crippen LogP contribution in [0.1, 0.15) is 6.23 Å². The van der Waals surface area contributed by atoms with Crippen molar-refractivity contribution in [2.75, 3.05) is 6.61 Å². The smallest absolute Gasteiger partial charge is 0.756 e. The normalized spacial score (nSPS) is 34.7. The Hall–Kier alpha value is 1.13. The SMILES string of the molecule is O=C([O-])[C@H]1O[C@H](OP(=O)([O-])OP(=O)([O-])OC[C@H]2O[C@@H](n3ccc(=O)[nH]c3=O)[C@H](O)[C@@H]2O)[C@H](O)[C@@H](O)[C@@H]1O.[Na+].[Na+].[Na+]. The van der Waals surface area contributed by atoms with E-state index in [4.69, 9.17) is 4.74 Å². The number of phosphoric acid groups is 2. The van der Waals surface area contributed by atoms with Crippen molar-refractivity contribution in [3.63, 3.8) is 0 Å². The number of H-pyrrole nitrogens is 1. The molecule has 2 unspecified atom stereocenters. The molecule has 0 radical (unpaired) electrons. The molecule has 2 aliphatic rings. The Labute approximate surface area is 289 Å². The van der Waals surface area contributed by atoms with Crippen molar-refractivity contribution >= 4 is 21.6 Å². The van der Waals surface area contributed by atoms with Crippen LogP contribution in [0, 0.1) is 0 Å². The zero-order valence-corrected chi connectivity index (χ0v) is 28.7. The van der Waals surface area contributed by atoms with E-state index < -0.39 is 94.7 Å². The largest absolute Gasteiger partial charge is 1.00 e. The van der Waals surface area contributed by atoms with Crippen LogP contribution in [0.5, 0.6) is 0 Å². The molecule has 0 aromatic carbocycles. The summed E-state index contributed by atoms with van der Waals surface area (Å²) in [6.07, 6.45) is -18.0. The molecule has 1 aromatic heterocycles. The number of nitrogens with zero attached hydrogens (tertiary/aromatic N) is 1. The maximum absolute atomic E-state index is 12.0. The number of phosphoric ester groups is 2. The molecule has 210 valence electrons. The van der Waals surface area contributed by atoms with Crippen molar-refractivity contribution in [1.82, 2.24) is 9.55 Å². The van der Waals surface area contributed by atoms with E-state index in [1.165, 1.54) is 0 Å². The minimum absolute atomic E-state index is 0. The van der Waals surface area contributed by atoms with Gasteiger partial charge in [0.2, 0.25) is 0 Å². The Bertz CT molecular complexity index is 1220. The minimum atomic E-state index is -6.06. The van der Waals surface area contributed by atoms with Gasteiger partial charge < -0.3 is 59.2 Å². The number of carbonyl (C=O) groups is 1. The van der Waals surface area contributed by atoms with E-state index in [9.17, 15) is 63.9 Å². The molecule has 2 aliphatic heterocycles. The van der Waals surface area contributed by atoms with Crippen LogP contribution in [-0.2, 0) is 36.8 Å². The Morgan fingerprint density at radius 3 is 2.10 bits per heavy atom. The van der Waals surface area contributed by atoms with Crippen molar-refractivity contribution in [3.8, 4) is 0 Å². The fraction of sp³-hybridized carbons (Fsp3) is 0.667. The van der Waals surface area contributed by atoms with Crippen molar-refractivity contribution in [2.24, 2.45) is 0 Å². The van der Waals surface area contributed by atoms with Crippen LogP contribution in [0.3, 0.4) is 0 Å². The molecule has 25 heteroatoms. The zero-order chi connectivity index (χ0) is 27.9. The maximum Gasteiger partial charge on any atom is 1.00 e. The molecule has 0 saturated carbocycles. The van der Waals surface area contributed by atoms with E-state index >= 15 is 0 Å². The standard InChI is InChI=1S/C15H22N2O18P2.3Na/c18-5-1-2-17(15(26)16-5)12-9(22)6(19)4(32-12)3-31-36(27,28)35-37(29,30)34-14-10(23)7(20)8(21)11(33-14)13(24)25;;;/h1-2,4,6-12,14,19-23H,3H2,(H,24,25)(H,27,28)(H,29,30)(H,16,18,26);;;/q;3*+1/p-3/t4-,6-,7+,8+,9-,10-,11+,12-,14-;;;/m1.../s1. The van der Waals surface area contributed by atoms with E-state index in [1.54, 1.807) is 0 Å². The number of ether oxygens (including phenoxy) is 2. The topological polar surface area (TPSA) is 323 Å². The van der Waals surface area contributed by atoms with Gasteiger partial charge >= 0.3 is 94.4 Å². The average molecular weight is 646 g/mol. The third kappa shape index (κ3) is 10.1.